The van der Waals surface area contributed by atoms with Gasteiger partial charge >= 0.3 is 0 Å². The Morgan fingerprint density at radius 3 is 2.87 bits per heavy atom. The third-order valence-corrected chi connectivity index (χ3v) is 3.09. The molecule has 15 heavy (non-hydrogen) atoms. The minimum absolute atomic E-state index is 0.450. The van der Waals surface area contributed by atoms with Gasteiger partial charge in [-0.25, -0.2) is 4.98 Å². The van der Waals surface area contributed by atoms with E-state index in [9.17, 15) is 5.11 Å². The molecule has 1 unspecified atom stereocenters. The number of aliphatic hydroxyl groups excluding tert-OH is 1. The van der Waals surface area contributed by atoms with Crippen LogP contribution in [0.2, 0.25) is 5.02 Å². The van der Waals surface area contributed by atoms with E-state index in [1.165, 1.54) is 11.3 Å². The van der Waals surface area contributed by atoms with Gasteiger partial charge in [-0.05, 0) is 17.7 Å². The van der Waals surface area contributed by atoms with Crippen molar-refractivity contribution in [3.8, 4) is 0 Å². The number of nitrogens with two attached hydrogens (primary N) is 1. The number of hydrogen-bond donors (Lipinski definition) is 2. The molecule has 0 radical (unpaired) electrons. The molecule has 1 aromatic carbocycles. The van der Waals surface area contributed by atoms with E-state index in [0.717, 1.165) is 10.4 Å². The summed E-state index contributed by atoms with van der Waals surface area (Å²) in [6.45, 7) is 0. The highest BCUT2D eigenvalue weighted by Crippen LogP contribution is 2.28. The molecule has 0 spiro atoms. The van der Waals surface area contributed by atoms with E-state index in [0.29, 0.717) is 10.2 Å². The Balaban J connectivity index is 2.32. The Morgan fingerprint density at radius 1 is 1.47 bits per heavy atom. The van der Waals surface area contributed by atoms with E-state index in [1.54, 1.807) is 24.4 Å². The van der Waals surface area contributed by atoms with Crippen molar-refractivity contribution >= 4 is 28.1 Å². The zero-order valence-electron chi connectivity index (χ0n) is 7.72. The maximum Gasteiger partial charge on any atom is 0.180 e. The quantitative estimate of drug-likeness (QED) is 0.848. The molecule has 0 amide bonds. The molecule has 2 rings (SSSR count). The first-order chi connectivity index (χ1) is 7.16. The average molecular weight is 241 g/mol. The lowest BCUT2D eigenvalue weighted by Gasteiger charge is -2.07. The van der Waals surface area contributed by atoms with Crippen molar-refractivity contribution in [1.82, 2.24) is 4.98 Å². The molecule has 5 heteroatoms. The predicted molar refractivity (Wildman–Crippen MR) is 62.0 cm³/mol. The normalized spacial score (nSPS) is 12.7. The Morgan fingerprint density at radius 2 is 2.27 bits per heavy atom. The van der Waals surface area contributed by atoms with Crippen LogP contribution in [0.1, 0.15) is 16.5 Å². The molecule has 3 N–H and O–H groups in total. The van der Waals surface area contributed by atoms with Crippen LogP contribution in [-0.2, 0) is 0 Å². The molecule has 1 heterocycles. The van der Waals surface area contributed by atoms with Gasteiger partial charge < -0.3 is 10.8 Å². The van der Waals surface area contributed by atoms with Gasteiger partial charge in [0, 0.05) is 11.2 Å². The first-order valence-electron chi connectivity index (χ1n) is 4.31. The van der Waals surface area contributed by atoms with Crippen LogP contribution >= 0.6 is 22.9 Å². The summed E-state index contributed by atoms with van der Waals surface area (Å²) in [7, 11) is 0. The highest BCUT2D eigenvalue weighted by molar-refractivity contribution is 7.15. The summed E-state index contributed by atoms with van der Waals surface area (Å²) in [5, 5.41) is 11.0. The zero-order chi connectivity index (χ0) is 10.8. The second-order valence-corrected chi connectivity index (χ2v) is 4.59. The van der Waals surface area contributed by atoms with Crippen molar-refractivity contribution in [3.05, 3.63) is 45.9 Å². The average Bonchev–Trinajstić information content (AvgIpc) is 2.64. The molecule has 2 aromatic rings. The smallest absolute Gasteiger partial charge is 0.180 e. The number of hydrogen-bond acceptors (Lipinski definition) is 4. The van der Waals surface area contributed by atoms with E-state index >= 15 is 0 Å². The molecule has 0 fully saturated rings. The van der Waals surface area contributed by atoms with Gasteiger partial charge in [-0.2, -0.15) is 0 Å². The number of halogens is 1. The number of benzene rings is 1. The van der Waals surface area contributed by atoms with Crippen LogP contribution in [0.15, 0.2) is 30.5 Å². The molecule has 0 aliphatic carbocycles. The summed E-state index contributed by atoms with van der Waals surface area (Å²) < 4.78 is 0. The number of nitrogens with zero attached hydrogens (tertiary/aromatic N) is 1. The lowest BCUT2D eigenvalue weighted by Crippen LogP contribution is -1.96. The first kappa shape index (κ1) is 10.4. The van der Waals surface area contributed by atoms with Crippen molar-refractivity contribution in [2.24, 2.45) is 0 Å². The van der Waals surface area contributed by atoms with Gasteiger partial charge in [0.15, 0.2) is 5.13 Å². The second-order valence-electron chi connectivity index (χ2n) is 3.06. The van der Waals surface area contributed by atoms with Gasteiger partial charge in [-0.15, -0.1) is 0 Å². The number of anilines is 1. The number of aromatic nitrogens is 1. The minimum Gasteiger partial charge on any atom is -0.383 e. The van der Waals surface area contributed by atoms with Crippen LogP contribution < -0.4 is 5.73 Å². The number of nitrogen functional groups attached to an aromatic ring is 1. The predicted octanol–water partition coefficient (Wildman–Crippen LogP) is 2.46. The Hall–Kier alpha value is -1.10. The first-order valence-corrected chi connectivity index (χ1v) is 5.51. The topological polar surface area (TPSA) is 59.1 Å². The lowest BCUT2D eigenvalue weighted by atomic mass is 10.1. The van der Waals surface area contributed by atoms with Crippen LogP contribution in [0.4, 0.5) is 5.13 Å². The van der Waals surface area contributed by atoms with Gasteiger partial charge in [0.25, 0.3) is 0 Å². The molecular formula is C10H9ClN2OS. The van der Waals surface area contributed by atoms with Gasteiger partial charge in [0.1, 0.15) is 6.10 Å². The molecule has 78 valence electrons. The highest BCUT2D eigenvalue weighted by Gasteiger charge is 2.13. The number of thiazole rings is 1. The summed E-state index contributed by atoms with van der Waals surface area (Å²) in [5.41, 5.74) is 6.24. The largest absolute Gasteiger partial charge is 0.383 e. The third-order valence-electron chi connectivity index (χ3n) is 1.98. The number of rotatable bonds is 2. The van der Waals surface area contributed by atoms with Crippen LogP contribution in [0, 0.1) is 0 Å². The van der Waals surface area contributed by atoms with Crippen LogP contribution in [0.3, 0.4) is 0 Å². The SMILES string of the molecule is Nc1ncc(C(O)c2cccc(Cl)c2)s1. The monoisotopic (exact) mass is 240 g/mol. The summed E-state index contributed by atoms with van der Waals surface area (Å²) >= 11 is 7.10. The summed E-state index contributed by atoms with van der Waals surface area (Å²) in [6.07, 6.45) is 0.865. The van der Waals surface area contributed by atoms with Gasteiger partial charge in [0.05, 0.1) is 4.88 Å². The second kappa shape index (κ2) is 4.18. The van der Waals surface area contributed by atoms with E-state index in [1.807, 2.05) is 6.07 Å². The molecule has 0 bridgehead atoms. The zero-order valence-corrected chi connectivity index (χ0v) is 9.29. The molecule has 1 aromatic heterocycles. The highest BCUT2D eigenvalue weighted by atomic mass is 35.5. The number of aliphatic hydroxyl groups is 1. The molecule has 0 aliphatic rings. The van der Waals surface area contributed by atoms with E-state index in [4.69, 9.17) is 17.3 Å². The molecule has 0 aliphatic heterocycles. The molecule has 0 saturated carbocycles. The molecule has 0 saturated heterocycles. The Labute approximate surface area is 96.2 Å². The fourth-order valence-electron chi connectivity index (χ4n) is 1.27. The van der Waals surface area contributed by atoms with Crippen LogP contribution in [0.5, 0.6) is 0 Å². The summed E-state index contributed by atoms with van der Waals surface area (Å²) in [5.74, 6) is 0. The third kappa shape index (κ3) is 2.28. The van der Waals surface area contributed by atoms with Gasteiger partial charge in [-0.1, -0.05) is 35.1 Å². The van der Waals surface area contributed by atoms with Crippen molar-refractivity contribution in [3.63, 3.8) is 0 Å². The fraction of sp³-hybridized carbons (Fsp3) is 0.100. The van der Waals surface area contributed by atoms with E-state index < -0.39 is 6.10 Å². The Bertz CT molecular complexity index is 472. The van der Waals surface area contributed by atoms with Gasteiger partial charge in [0.2, 0.25) is 0 Å². The summed E-state index contributed by atoms with van der Waals surface area (Å²) in [6, 6.07) is 7.10. The molecule has 3 nitrogen and oxygen atoms in total. The van der Waals surface area contributed by atoms with Crippen molar-refractivity contribution < 1.29 is 5.11 Å². The lowest BCUT2D eigenvalue weighted by molar-refractivity contribution is 0.224. The van der Waals surface area contributed by atoms with Crippen LogP contribution in [-0.4, -0.2) is 10.1 Å². The van der Waals surface area contributed by atoms with Crippen LogP contribution in [0.25, 0.3) is 0 Å². The standard InChI is InChI=1S/C10H9ClN2OS/c11-7-3-1-2-6(4-7)9(14)8-5-13-10(12)15-8/h1-5,9,14H,(H2,12,13). The van der Waals surface area contributed by atoms with E-state index in [2.05, 4.69) is 4.98 Å². The summed E-state index contributed by atoms with van der Waals surface area (Å²) in [4.78, 5) is 4.61. The maximum absolute atomic E-state index is 9.99. The van der Waals surface area contributed by atoms with Gasteiger partial charge in [-0.3, -0.25) is 0 Å². The Kier molecular flexibility index (Phi) is 2.90. The molecule has 1 atom stereocenters. The van der Waals surface area contributed by atoms with E-state index in [-0.39, 0.29) is 0 Å². The van der Waals surface area contributed by atoms with Crippen molar-refractivity contribution in [2.45, 2.75) is 6.10 Å². The minimum atomic E-state index is -0.710. The van der Waals surface area contributed by atoms with Crippen molar-refractivity contribution in [2.75, 3.05) is 5.73 Å². The maximum atomic E-state index is 9.99. The molecular weight excluding hydrogens is 232 g/mol. The van der Waals surface area contributed by atoms with Crippen molar-refractivity contribution in [1.29, 1.82) is 0 Å². The fourth-order valence-corrected chi connectivity index (χ4v) is 2.17.